The van der Waals surface area contributed by atoms with Gasteiger partial charge in [-0.15, -0.1) is 11.8 Å². The standard InChI is InChI=1S/C25H24ClN3O2S2/c1-17-14-18(26)15-22-24(17)28-25(33-22)29(16-19-6-3-4-12-27-19)23(30)7-5-13-32-21-10-8-20(31-2)9-11-21/h3-4,6,8-12,14-15H,5,7,13,16H2,1-2H3. The van der Waals surface area contributed by atoms with Crippen LogP contribution in [0.2, 0.25) is 5.02 Å². The van der Waals surface area contributed by atoms with Crippen LogP contribution < -0.4 is 9.64 Å². The van der Waals surface area contributed by atoms with Crippen LogP contribution in [0.4, 0.5) is 5.13 Å². The lowest BCUT2D eigenvalue weighted by atomic mass is 10.2. The van der Waals surface area contributed by atoms with E-state index in [1.165, 1.54) is 11.3 Å². The Hall–Kier alpha value is -2.61. The first kappa shape index (κ1) is 23.5. The topological polar surface area (TPSA) is 55.3 Å². The fourth-order valence-corrected chi connectivity index (χ4v) is 5.68. The maximum absolute atomic E-state index is 13.3. The fourth-order valence-electron chi connectivity index (χ4n) is 3.39. The van der Waals surface area contributed by atoms with Crippen LogP contribution >= 0.6 is 34.7 Å². The molecule has 170 valence electrons. The predicted octanol–water partition coefficient (Wildman–Crippen LogP) is 6.77. The minimum Gasteiger partial charge on any atom is -0.497 e. The van der Waals surface area contributed by atoms with E-state index in [4.69, 9.17) is 21.3 Å². The Morgan fingerprint density at radius 1 is 1.18 bits per heavy atom. The van der Waals surface area contributed by atoms with E-state index in [-0.39, 0.29) is 5.91 Å². The summed E-state index contributed by atoms with van der Waals surface area (Å²) in [6, 6.07) is 17.5. The molecule has 0 radical (unpaired) electrons. The average molecular weight is 498 g/mol. The summed E-state index contributed by atoms with van der Waals surface area (Å²) in [4.78, 5) is 25.4. The molecule has 0 fully saturated rings. The van der Waals surface area contributed by atoms with Crippen molar-refractivity contribution in [2.24, 2.45) is 0 Å². The number of aromatic nitrogens is 2. The van der Waals surface area contributed by atoms with E-state index in [2.05, 4.69) is 4.98 Å². The highest BCUT2D eigenvalue weighted by atomic mass is 35.5. The predicted molar refractivity (Wildman–Crippen MR) is 138 cm³/mol. The zero-order valence-electron chi connectivity index (χ0n) is 18.5. The normalized spacial score (nSPS) is 11.0. The van der Waals surface area contributed by atoms with Gasteiger partial charge in [-0.3, -0.25) is 14.7 Å². The number of hydrogen-bond donors (Lipinski definition) is 0. The average Bonchev–Trinajstić information content (AvgIpc) is 3.25. The number of nitrogens with zero attached hydrogens (tertiary/aromatic N) is 3. The Labute approximate surface area is 206 Å². The highest BCUT2D eigenvalue weighted by Gasteiger charge is 2.21. The van der Waals surface area contributed by atoms with Gasteiger partial charge in [0.1, 0.15) is 5.75 Å². The Morgan fingerprint density at radius 3 is 2.73 bits per heavy atom. The largest absolute Gasteiger partial charge is 0.497 e. The van der Waals surface area contributed by atoms with Crippen molar-refractivity contribution >= 4 is 56.0 Å². The number of hydrogen-bond acceptors (Lipinski definition) is 6. The second kappa shape index (κ2) is 11.0. The Kier molecular flexibility index (Phi) is 7.85. The van der Waals surface area contributed by atoms with Gasteiger partial charge < -0.3 is 4.74 Å². The molecule has 0 aliphatic rings. The molecule has 0 aliphatic carbocycles. The number of rotatable bonds is 9. The quantitative estimate of drug-likeness (QED) is 0.189. The first-order chi connectivity index (χ1) is 16.0. The third-order valence-electron chi connectivity index (χ3n) is 5.08. The molecular weight excluding hydrogens is 474 g/mol. The van der Waals surface area contributed by atoms with Crippen LogP contribution in [0.15, 0.2) is 65.7 Å². The lowest BCUT2D eigenvalue weighted by molar-refractivity contribution is -0.118. The molecule has 33 heavy (non-hydrogen) atoms. The third kappa shape index (κ3) is 6.05. The summed E-state index contributed by atoms with van der Waals surface area (Å²) in [5.74, 6) is 1.73. The smallest absolute Gasteiger partial charge is 0.229 e. The molecule has 4 aromatic rings. The number of thioether (sulfide) groups is 1. The van der Waals surface area contributed by atoms with Crippen LogP contribution in [0, 0.1) is 6.92 Å². The van der Waals surface area contributed by atoms with Crippen molar-refractivity contribution < 1.29 is 9.53 Å². The fraction of sp³-hybridized carbons (Fsp3) is 0.240. The minimum atomic E-state index is 0.0405. The molecule has 0 saturated heterocycles. The summed E-state index contributed by atoms with van der Waals surface area (Å²) in [5.41, 5.74) is 2.71. The van der Waals surface area contributed by atoms with Crippen LogP contribution in [-0.2, 0) is 11.3 Å². The molecule has 2 heterocycles. The minimum absolute atomic E-state index is 0.0405. The second-order valence-electron chi connectivity index (χ2n) is 7.49. The molecule has 0 atom stereocenters. The Bertz CT molecular complexity index is 1230. The van der Waals surface area contributed by atoms with Gasteiger partial charge in [-0.2, -0.15) is 0 Å². The molecule has 0 spiro atoms. The second-order valence-corrected chi connectivity index (χ2v) is 10.1. The van der Waals surface area contributed by atoms with Crippen molar-refractivity contribution in [1.82, 2.24) is 9.97 Å². The summed E-state index contributed by atoms with van der Waals surface area (Å²) >= 11 is 9.46. The summed E-state index contributed by atoms with van der Waals surface area (Å²) in [5, 5.41) is 1.35. The Balaban J connectivity index is 1.47. The number of anilines is 1. The van der Waals surface area contributed by atoms with Crippen molar-refractivity contribution in [1.29, 1.82) is 0 Å². The number of carbonyl (C=O) groups is 1. The summed E-state index contributed by atoms with van der Waals surface area (Å²) in [6.07, 6.45) is 2.95. The van der Waals surface area contributed by atoms with Crippen LogP contribution in [0.3, 0.4) is 0 Å². The number of aryl methyl sites for hydroxylation is 1. The van der Waals surface area contributed by atoms with E-state index >= 15 is 0 Å². The molecule has 2 aromatic carbocycles. The molecule has 0 saturated carbocycles. The molecule has 8 heteroatoms. The molecule has 1 amide bonds. The SMILES string of the molecule is COc1ccc(SCCCC(=O)N(Cc2ccccn2)c2nc3c(C)cc(Cl)cc3s2)cc1. The highest BCUT2D eigenvalue weighted by molar-refractivity contribution is 7.99. The number of halogens is 1. The number of amides is 1. The van der Waals surface area contributed by atoms with Crippen LogP contribution in [0.25, 0.3) is 10.2 Å². The van der Waals surface area contributed by atoms with Crippen molar-refractivity contribution in [2.45, 2.75) is 31.2 Å². The first-order valence-electron chi connectivity index (χ1n) is 10.6. The van der Waals surface area contributed by atoms with Gasteiger partial charge in [0, 0.05) is 22.5 Å². The van der Waals surface area contributed by atoms with E-state index < -0.39 is 0 Å². The van der Waals surface area contributed by atoms with E-state index in [9.17, 15) is 4.79 Å². The number of methoxy groups -OCH3 is 1. The first-order valence-corrected chi connectivity index (χ1v) is 12.8. The monoisotopic (exact) mass is 497 g/mol. The lowest BCUT2D eigenvalue weighted by Gasteiger charge is -2.19. The molecule has 2 aromatic heterocycles. The number of benzene rings is 2. The zero-order valence-corrected chi connectivity index (χ0v) is 20.8. The third-order valence-corrected chi connectivity index (χ3v) is 7.42. The molecule has 5 nitrogen and oxygen atoms in total. The summed E-state index contributed by atoms with van der Waals surface area (Å²) in [6.45, 7) is 2.37. The highest BCUT2D eigenvalue weighted by Crippen LogP contribution is 2.34. The van der Waals surface area contributed by atoms with Gasteiger partial charge in [-0.05, 0) is 73.2 Å². The molecule has 0 aliphatic heterocycles. The number of ether oxygens (including phenoxy) is 1. The maximum Gasteiger partial charge on any atom is 0.229 e. The van der Waals surface area contributed by atoms with Gasteiger partial charge in [0.2, 0.25) is 5.91 Å². The molecule has 0 bridgehead atoms. The number of fused-ring (bicyclic) bond motifs is 1. The lowest BCUT2D eigenvalue weighted by Crippen LogP contribution is -2.30. The van der Waals surface area contributed by atoms with Gasteiger partial charge in [0.25, 0.3) is 0 Å². The van der Waals surface area contributed by atoms with Crippen LogP contribution in [-0.4, -0.2) is 28.7 Å². The van der Waals surface area contributed by atoms with E-state index in [1.54, 1.807) is 30.0 Å². The van der Waals surface area contributed by atoms with Gasteiger partial charge >= 0.3 is 0 Å². The number of pyridine rings is 1. The number of thiazole rings is 1. The molecule has 0 N–H and O–H groups in total. The zero-order chi connectivity index (χ0) is 23.2. The van der Waals surface area contributed by atoms with E-state index in [0.717, 1.165) is 44.3 Å². The van der Waals surface area contributed by atoms with Crippen molar-refractivity contribution in [2.75, 3.05) is 17.8 Å². The van der Waals surface area contributed by atoms with Crippen LogP contribution in [0.5, 0.6) is 5.75 Å². The van der Waals surface area contributed by atoms with Gasteiger partial charge in [-0.25, -0.2) is 4.98 Å². The summed E-state index contributed by atoms with van der Waals surface area (Å²) in [7, 11) is 1.66. The Morgan fingerprint density at radius 2 is 2.00 bits per heavy atom. The van der Waals surface area contributed by atoms with Crippen molar-refractivity contribution in [3.63, 3.8) is 0 Å². The van der Waals surface area contributed by atoms with Gasteiger partial charge in [-0.1, -0.05) is 29.0 Å². The van der Waals surface area contributed by atoms with Crippen molar-refractivity contribution in [3.8, 4) is 5.75 Å². The van der Waals surface area contributed by atoms with Crippen molar-refractivity contribution in [3.05, 3.63) is 77.1 Å². The van der Waals surface area contributed by atoms with Crippen LogP contribution in [0.1, 0.15) is 24.1 Å². The molecule has 4 rings (SSSR count). The van der Waals surface area contributed by atoms with Gasteiger partial charge in [0.05, 0.1) is 29.6 Å². The molecular formula is C25H24ClN3O2S2. The molecule has 0 unspecified atom stereocenters. The summed E-state index contributed by atoms with van der Waals surface area (Å²) < 4.78 is 6.18. The maximum atomic E-state index is 13.3. The van der Waals surface area contributed by atoms with E-state index in [1.807, 2.05) is 61.5 Å². The number of carbonyl (C=O) groups excluding carboxylic acids is 1. The van der Waals surface area contributed by atoms with E-state index in [0.29, 0.717) is 23.1 Å². The van der Waals surface area contributed by atoms with Gasteiger partial charge in [0.15, 0.2) is 5.13 Å².